The van der Waals surface area contributed by atoms with E-state index in [-0.39, 0.29) is 5.91 Å². The van der Waals surface area contributed by atoms with Crippen LogP contribution in [0.1, 0.15) is 15.2 Å². The van der Waals surface area contributed by atoms with Crippen LogP contribution in [0.4, 0.5) is 5.69 Å². The lowest BCUT2D eigenvalue weighted by Gasteiger charge is -2.01. The van der Waals surface area contributed by atoms with E-state index in [1.165, 1.54) is 18.4 Å². The molecule has 1 N–H and O–H groups in total. The minimum atomic E-state index is -0.503. The Morgan fingerprint density at radius 3 is 2.81 bits per heavy atom. The molecule has 2 aromatic heterocycles. The van der Waals surface area contributed by atoms with Crippen LogP contribution in [0, 0.1) is 0 Å². The minimum Gasteiger partial charge on any atom is -0.465 e. The summed E-state index contributed by atoms with van der Waals surface area (Å²) in [5, 5.41) is 7.01. The van der Waals surface area contributed by atoms with Crippen LogP contribution in [0.3, 0.4) is 0 Å². The lowest BCUT2D eigenvalue weighted by Crippen LogP contribution is -2.10. The number of anilines is 1. The highest BCUT2D eigenvalue weighted by Crippen LogP contribution is 2.35. The molecule has 7 heteroatoms. The maximum Gasteiger partial charge on any atom is 0.350 e. The smallest absolute Gasteiger partial charge is 0.350 e. The highest BCUT2D eigenvalue weighted by atomic mass is 32.1. The fourth-order valence-corrected chi connectivity index (χ4v) is 3.41. The predicted molar refractivity (Wildman–Crippen MR) is 101 cm³/mol. The summed E-state index contributed by atoms with van der Waals surface area (Å²) >= 11 is 1.24. The van der Waals surface area contributed by atoms with Crippen molar-refractivity contribution in [1.29, 1.82) is 0 Å². The first-order valence-electron chi connectivity index (χ1n) is 7.83. The summed E-state index contributed by atoms with van der Waals surface area (Å²) in [4.78, 5) is 24.7. The third-order valence-corrected chi connectivity index (χ3v) is 4.82. The molecule has 3 rings (SSSR count). The molecule has 0 radical (unpaired) electrons. The first kappa shape index (κ1) is 17.6. The van der Waals surface area contributed by atoms with Gasteiger partial charge in [-0.2, -0.15) is 5.10 Å². The molecular formula is C19H17N3O3S. The number of rotatable bonds is 6. The first-order chi connectivity index (χ1) is 12.6. The van der Waals surface area contributed by atoms with Crippen molar-refractivity contribution in [2.24, 2.45) is 0 Å². The number of hydrogen-bond acceptors (Lipinski definition) is 5. The van der Waals surface area contributed by atoms with Crippen molar-refractivity contribution < 1.29 is 14.3 Å². The van der Waals surface area contributed by atoms with Crippen LogP contribution < -0.4 is 5.32 Å². The Kier molecular flexibility index (Phi) is 5.28. The van der Waals surface area contributed by atoms with Crippen LogP contribution in [0.5, 0.6) is 0 Å². The zero-order chi connectivity index (χ0) is 18.5. The van der Waals surface area contributed by atoms with Gasteiger partial charge in [-0.1, -0.05) is 36.9 Å². The van der Waals surface area contributed by atoms with Crippen LogP contribution in [-0.2, 0) is 16.1 Å². The largest absolute Gasteiger partial charge is 0.465 e. The topological polar surface area (TPSA) is 73.2 Å². The maximum absolute atomic E-state index is 12.0. The second kappa shape index (κ2) is 7.79. The Labute approximate surface area is 154 Å². The number of aromatic nitrogens is 2. The molecule has 0 fully saturated rings. The quantitative estimate of drug-likeness (QED) is 0.534. The number of nitrogens with one attached hydrogen (secondary N) is 1. The van der Waals surface area contributed by atoms with Crippen molar-refractivity contribution >= 4 is 28.9 Å². The zero-order valence-corrected chi connectivity index (χ0v) is 15.0. The lowest BCUT2D eigenvalue weighted by atomic mass is 10.2. The van der Waals surface area contributed by atoms with E-state index in [0.29, 0.717) is 17.1 Å². The second-order valence-electron chi connectivity index (χ2n) is 5.45. The molecule has 0 unspecified atom stereocenters. The Bertz CT molecular complexity index is 944. The predicted octanol–water partition coefficient (Wildman–Crippen LogP) is 3.57. The fourth-order valence-electron chi connectivity index (χ4n) is 2.40. The Morgan fingerprint density at radius 1 is 1.35 bits per heavy atom. The van der Waals surface area contributed by atoms with Gasteiger partial charge in [-0.25, -0.2) is 4.79 Å². The van der Waals surface area contributed by atoms with Gasteiger partial charge in [0, 0.05) is 16.6 Å². The molecule has 0 saturated carbocycles. The van der Waals surface area contributed by atoms with Gasteiger partial charge in [-0.3, -0.25) is 9.48 Å². The second-order valence-corrected chi connectivity index (χ2v) is 6.50. The van der Waals surface area contributed by atoms with E-state index in [2.05, 4.69) is 17.0 Å². The normalized spacial score (nSPS) is 10.3. The molecule has 0 spiro atoms. The summed E-state index contributed by atoms with van der Waals surface area (Å²) < 4.78 is 6.62. The molecule has 1 amide bonds. The lowest BCUT2D eigenvalue weighted by molar-refractivity contribution is -0.111. The number of carbonyl (C=O) groups excluding carboxylic acids is 2. The van der Waals surface area contributed by atoms with Crippen molar-refractivity contribution in [3.63, 3.8) is 0 Å². The molecule has 0 aliphatic rings. The Hall–Kier alpha value is -3.19. The fraction of sp³-hybridized carbons (Fsp3) is 0.105. The van der Waals surface area contributed by atoms with Crippen molar-refractivity contribution in [3.8, 4) is 10.4 Å². The number of amides is 1. The molecule has 6 nitrogen and oxygen atoms in total. The SMILES string of the molecule is C=CC(=O)Nc1cc(-c2cnn(Cc3ccccc3)c2)sc1C(=O)OC. The maximum atomic E-state index is 12.0. The zero-order valence-electron chi connectivity index (χ0n) is 14.1. The Morgan fingerprint density at radius 2 is 2.12 bits per heavy atom. The summed E-state index contributed by atoms with van der Waals surface area (Å²) in [5.74, 6) is -0.892. The number of hydrogen-bond donors (Lipinski definition) is 1. The molecule has 0 saturated heterocycles. The van der Waals surface area contributed by atoms with E-state index in [9.17, 15) is 9.59 Å². The van der Waals surface area contributed by atoms with Gasteiger partial charge >= 0.3 is 5.97 Å². The molecule has 26 heavy (non-hydrogen) atoms. The van der Waals surface area contributed by atoms with Gasteiger partial charge in [0.25, 0.3) is 0 Å². The van der Waals surface area contributed by atoms with Crippen molar-refractivity contribution in [2.45, 2.75) is 6.54 Å². The summed E-state index contributed by atoms with van der Waals surface area (Å²) in [5.41, 5.74) is 2.40. The molecule has 0 atom stereocenters. The monoisotopic (exact) mass is 367 g/mol. The number of ether oxygens (including phenoxy) is 1. The third-order valence-electron chi connectivity index (χ3n) is 3.65. The number of thiophene rings is 1. The van der Waals surface area contributed by atoms with Crippen molar-refractivity contribution in [3.05, 3.63) is 71.9 Å². The third kappa shape index (κ3) is 3.89. The summed E-state index contributed by atoms with van der Waals surface area (Å²) in [6, 6.07) is 11.7. The van der Waals surface area contributed by atoms with Gasteiger partial charge < -0.3 is 10.1 Å². The number of carbonyl (C=O) groups is 2. The average molecular weight is 367 g/mol. The van der Waals surface area contributed by atoms with E-state index in [1.54, 1.807) is 12.3 Å². The van der Waals surface area contributed by atoms with Crippen LogP contribution in [0.2, 0.25) is 0 Å². The van der Waals surface area contributed by atoms with Crippen LogP contribution in [0.15, 0.2) is 61.4 Å². The van der Waals surface area contributed by atoms with Gasteiger partial charge in [0.1, 0.15) is 4.88 Å². The van der Waals surface area contributed by atoms with Crippen LogP contribution >= 0.6 is 11.3 Å². The number of nitrogens with zero attached hydrogens (tertiary/aromatic N) is 2. The molecule has 3 aromatic rings. The summed E-state index contributed by atoms with van der Waals surface area (Å²) in [7, 11) is 1.30. The van der Waals surface area contributed by atoms with Gasteiger partial charge in [-0.15, -0.1) is 11.3 Å². The van der Waals surface area contributed by atoms with Gasteiger partial charge in [0.15, 0.2) is 0 Å². The van der Waals surface area contributed by atoms with Crippen LogP contribution in [-0.4, -0.2) is 28.8 Å². The van der Waals surface area contributed by atoms with E-state index < -0.39 is 5.97 Å². The van der Waals surface area contributed by atoms with E-state index in [0.717, 1.165) is 22.1 Å². The summed E-state index contributed by atoms with van der Waals surface area (Å²) in [6.45, 7) is 4.07. The molecule has 0 aliphatic carbocycles. The van der Waals surface area contributed by atoms with Crippen molar-refractivity contribution in [1.82, 2.24) is 9.78 Å². The number of methoxy groups -OCH3 is 1. The minimum absolute atomic E-state index is 0.327. The molecule has 0 aliphatic heterocycles. The van der Waals surface area contributed by atoms with Gasteiger partial charge in [-0.05, 0) is 17.7 Å². The average Bonchev–Trinajstić information content (AvgIpc) is 3.29. The highest BCUT2D eigenvalue weighted by molar-refractivity contribution is 7.18. The molecule has 1 aromatic carbocycles. The number of esters is 1. The molecule has 2 heterocycles. The standard InChI is InChI=1S/C19H17N3O3S/c1-3-17(23)21-15-9-16(26-18(15)19(24)25-2)14-10-20-22(12-14)11-13-7-5-4-6-8-13/h3-10,12H,1,11H2,2H3,(H,21,23). The molecular weight excluding hydrogens is 350 g/mol. The molecule has 0 bridgehead atoms. The van der Waals surface area contributed by atoms with E-state index in [1.807, 2.05) is 41.2 Å². The van der Waals surface area contributed by atoms with E-state index >= 15 is 0 Å². The number of benzene rings is 1. The van der Waals surface area contributed by atoms with E-state index in [4.69, 9.17) is 4.74 Å². The summed E-state index contributed by atoms with van der Waals surface area (Å²) in [6.07, 6.45) is 4.78. The first-order valence-corrected chi connectivity index (χ1v) is 8.64. The van der Waals surface area contributed by atoms with Crippen LogP contribution in [0.25, 0.3) is 10.4 Å². The highest BCUT2D eigenvalue weighted by Gasteiger charge is 2.19. The Balaban J connectivity index is 1.88. The van der Waals surface area contributed by atoms with Gasteiger partial charge in [0.05, 0.1) is 25.5 Å². The van der Waals surface area contributed by atoms with Crippen molar-refractivity contribution in [2.75, 3.05) is 12.4 Å². The molecule has 132 valence electrons. The van der Waals surface area contributed by atoms with Gasteiger partial charge in [0.2, 0.25) is 5.91 Å².